The van der Waals surface area contributed by atoms with Crippen molar-refractivity contribution in [2.24, 2.45) is 5.92 Å². The molecule has 2 heterocycles. The number of amides is 1. The normalized spacial score (nSPS) is 22.8. The number of anilines is 1. The molecule has 9 heteroatoms. The summed E-state index contributed by atoms with van der Waals surface area (Å²) in [7, 11) is 0. The fourth-order valence-electron chi connectivity index (χ4n) is 3.73. The molecule has 1 aliphatic rings. The molecule has 0 aliphatic carbocycles. The van der Waals surface area contributed by atoms with E-state index in [0.717, 1.165) is 37.5 Å². The lowest BCUT2D eigenvalue weighted by Gasteiger charge is -2.41. The van der Waals surface area contributed by atoms with Crippen LogP contribution in [0, 0.1) is 12.8 Å². The number of hydrogen-bond acceptors (Lipinski definition) is 8. The number of nitrogens with one attached hydrogen (secondary N) is 1. The minimum atomic E-state index is -0.545. The molecule has 3 aromatic rings. The van der Waals surface area contributed by atoms with Crippen molar-refractivity contribution in [1.82, 2.24) is 10.2 Å². The summed E-state index contributed by atoms with van der Waals surface area (Å²) in [5.41, 5.74) is 3.52. The van der Waals surface area contributed by atoms with E-state index >= 15 is 0 Å². The van der Waals surface area contributed by atoms with Crippen molar-refractivity contribution in [3.63, 3.8) is 0 Å². The highest BCUT2D eigenvalue weighted by Crippen LogP contribution is 2.43. The second-order valence-corrected chi connectivity index (χ2v) is 10.5. The maximum absolute atomic E-state index is 11.3. The van der Waals surface area contributed by atoms with Crippen molar-refractivity contribution in [3.05, 3.63) is 70.2 Å². The van der Waals surface area contributed by atoms with E-state index in [-0.39, 0.29) is 30.6 Å². The summed E-state index contributed by atoms with van der Waals surface area (Å²) in [6.07, 6.45) is -0.791. The Bertz CT molecular complexity index is 1070. The summed E-state index contributed by atoms with van der Waals surface area (Å²) in [6.45, 7) is 5.57. The third-order valence-corrected chi connectivity index (χ3v) is 7.57. The Morgan fingerprint density at radius 3 is 2.39 bits per heavy atom. The highest BCUT2D eigenvalue weighted by Gasteiger charge is 2.38. The zero-order valence-electron chi connectivity index (χ0n) is 18.7. The van der Waals surface area contributed by atoms with Gasteiger partial charge in [-0.1, -0.05) is 66.4 Å². The van der Waals surface area contributed by atoms with Crippen LogP contribution in [0.4, 0.5) is 5.69 Å². The van der Waals surface area contributed by atoms with Crippen molar-refractivity contribution in [2.45, 2.75) is 50.2 Å². The molecule has 2 N–H and O–H groups in total. The summed E-state index contributed by atoms with van der Waals surface area (Å²) >= 11 is 3.22. The quantitative estimate of drug-likeness (QED) is 0.461. The number of ether oxygens (including phenoxy) is 2. The van der Waals surface area contributed by atoms with Crippen LogP contribution >= 0.6 is 23.1 Å². The van der Waals surface area contributed by atoms with Gasteiger partial charge in [0.15, 0.2) is 10.6 Å². The number of aryl methyl sites for hydroxylation is 1. The first-order valence-electron chi connectivity index (χ1n) is 10.7. The van der Waals surface area contributed by atoms with Gasteiger partial charge >= 0.3 is 0 Å². The Labute approximate surface area is 201 Å². The van der Waals surface area contributed by atoms with Crippen LogP contribution in [-0.4, -0.2) is 33.1 Å². The van der Waals surface area contributed by atoms with E-state index in [1.165, 1.54) is 6.92 Å². The van der Waals surface area contributed by atoms with Gasteiger partial charge in [0.1, 0.15) is 5.01 Å². The summed E-state index contributed by atoms with van der Waals surface area (Å²) in [6, 6.07) is 15.4. The first kappa shape index (κ1) is 23.8. The second kappa shape index (κ2) is 10.8. The van der Waals surface area contributed by atoms with Gasteiger partial charge in [0.2, 0.25) is 5.91 Å². The van der Waals surface area contributed by atoms with Crippen LogP contribution in [0.15, 0.2) is 52.9 Å². The number of aliphatic hydroxyl groups excluding tert-OH is 1. The Morgan fingerprint density at radius 1 is 1.09 bits per heavy atom. The number of rotatable bonds is 7. The lowest BCUT2D eigenvalue weighted by atomic mass is 9.91. The number of aliphatic hydroxyl groups is 1. The zero-order valence-corrected chi connectivity index (χ0v) is 20.4. The van der Waals surface area contributed by atoms with E-state index in [4.69, 9.17) is 9.47 Å². The number of carbonyl (C=O) groups is 1. The molecular weight excluding hydrogens is 458 g/mol. The van der Waals surface area contributed by atoms with Gasteiger partial charge in [-0.3, -0.25) is 4.79 Å². The minimum Gasteiger partial charge on any atom is -0.392 e. The van der Waals surface area contributed by atoms with Crippen LogP contribution in [0.25, 0.3) is 0 Å². The molecule has 0 radical (unpaired) electrons. The van der Waals surface area contributed by atoms with E-state index < -0.39 is 6.29 Å². The minimum absolute atomic E-state index is 0.00821. The monoisotopic (exact) mass is 485 g/mol. The highest BCUT2D eigenvalue weighted by atomic mass is 32.2. The fraction of sp³-hybridized carbons (Fsp3) is 0.375. The van der Waals surface area contributed by atoms with Crippen molar-refractivity contribution in [2.75, 3.05) is 11.1 Å². The van der Waals surface area contributed by atoms with Gasteiger partial charge in [-0.25, -0.2) is 0 Å². The van der Waals surface area contributed by atoms with Crippen molar-refractivity contribution < 1.29 is 19.4 Å². The number of benzene rings is 2. The number of carbonyl (C=O) groups excluding carboxylic acids is 1. The second-order valence-electron chi connectivity index (χ2n) is 8.02. The maximum atomic E-state index is 11.3. The molecule has 7 nitrogen and oxygen atoms in total. The molecule has 4 atom stereocenters. The molecule has 174 valence electrons. The Hall–Kier alpha value is -2.30. The SMILES string of the molecule is CC(=O)Nc1ccc(C2OC(CSc3nnc(C)s3)C(C)C(c3ccc(CO)cc3)O2)cc1. The third-order valence-electron chi connectivity index (χ3n) is 5.51. The molecular formula is C24H27N3O4S2. The van der Waals surface area contributed by atoms with Gasteiger partial charge in [-0.2, -0.15) is 0 Å². The molecule has 0 spiro atoms. The van der Waals surface area contributed by atoms with E-state index in [1.807, 2.05) is 55.5 Å². The van der Waals surface area contributed by atoms with Gasteiger partial charge in [0.25, 0.3) is 0 Å². The molecule has 1 aromatic heterocycles. The molecule has 0 saturated carbocycles. The van der Waals surface area contributed by atoms with E-state index in [9.17, 15) is 9.90 Å². The molecule has 0 bridgehead atoms. The molecule has 4 unspecified atom stereocenters. The third kappa shape index (κ3) is 5.99. The van der Waals surface area contributed by atoms with Crippen LogP contribution < -0.4 is 5.32 Å². The number of thioether (sulfide) groups is 1. The van der Waals surface area contributed by atoms with Crippen molar-refractivity contribution >= 4 is 34.7 Å². The van der Waals surface area contributed by atoms with E-state index in [1.54, 1.807) is 23.1 Å². The summed E-state index contributed by atoms with van der Waals surface area (Å²) < 4.78 is 13.8. The van der Waals surface area contributed by atoms with E-state index in [0.29, 0.717) is 0 Å². The predicted molar refractivity (Wildman–Crippen MR) is 129 cm³/mol. The smallest absolute Gasteiger partial charge is 0.221 e. The molecule has 2 aromatic carbocycles. The number of nitrogens with zero attached hydrogens (tertiary/aromatic N) is 2. The molecule has 1 aliphatic heterocycles. The lowest BCUT2D eigenvalue weighted by molar-refractivity contribution is -0.268. The fourth-order valence-corrected chi connectivity index (χ4v) is 5.73. The maximum Gasteiger partial charge on any atom is 0.221 e. The first-order chi connectivity index (χ1) is 15.9. The van der Waals surface area contributed by atoms with Gasteiger partial charge in [-0.05, 0) is 30.2 Å². The Kier molecular flexibility index (Phi) is 7.77. The van der Waals surface area contributed by atoms with Crippen LogP contribution in [0.2, 0.25) is 0 Å². The van der Waals surface area contributed by atoms with Gasteiger partial charge < -0.3 is 19.9 Å². The van der Waals surface area contributed by atoms with Crippen LogP contribution in [0.3, 0.4) is 0 Å². The Morgan fingerprint density at radius 2 is 1.79 bits per heavy atom. The summed E-state index contributed by atoms with van der Waals surface area (Å²) in [4.78, 5) is 11.3. The first-order valence-corrected chi connectivity index (χ1v) is 12.5. The van der Waals surface area contributed by atoms with Gasteiger partial charge in [0.05, 0.1) is 18.8 Å². The summed E-state index contributed by atoms with van der Waals surface area (Å²) in [5.74, 6) is 0.712. The average Bonchev–Trinajstić information content (AvgIpc) is 3.24. The number of hydrogen-bond donors (Lipinski definition) is 2. The predicted octanol–water partition coefficient (Wildman–Crippen LogP) is 4.88. The van der Waals surface area contributed by atoms with Crippen LogP contribution in [0.1, 0.15) is 47.9 Å². The van der Waals surface area contributed by atoms with Gasteiger partial charge in [-0.15, -0.1) is 10.2 Å². The summed E-state index contributed by atoms with van der Waals surface area (Å²) in [5, 5.41) is 21.4. The zero-order chi connectivity index (χ0) is 23.4. The molecule has 1 amide bonds. The largest absolute Gasteiger partial charge is 0.392 e. The lowest BCUT2D eigenvalue weighted by Crippen LogP contribution is -2.38. The standard InChI is InChI=1S/C24H27N3O4S2/c1-14-21(13-32-24-27-26-16(3)33-24)30-23(19-8-10-20(11-9-19)25-15(2)29)31-22(14)18-6-4-17(12-28)5-7-18/h4-11,14,21-23,28H,12-13H2,1-3H3,(H,25,29). The molecule has 4 rings (SSSR count). The number of aromatic nitrogens is 2. The molecule has 1 saturated heterocycles. The molecule has 33 heavy (non-hydrogen) atoms. The van der Waals surface area contributed by atoms with E-state index in [2.05, 4.69) is 22.4 Å². The van der Waals surface area contributed by atoms with Crippen LogP contribution in [0.5, 0.6) is 0 Å². The molecule has 1 fully saturated rings. The van der Waals surface area contributed by atoms with Crippen molar-refractivity contribution in [1.29, 1.82) is 0 Å². The average molecular weight is 486 g/mol. The Balaban J connectivity index is 1.56. The van der Waals surface area contributed by atoms with Crippen molar-refractivity contribution in [3.8, 4) is 0 Å². The van der Waals surface area contributed by atoms with Crippen LogP contribution in [-0.2, 0) is 20.9 Å². The highest BCUT2D eigenvalue weighted by molar-refractivity contribution is 8.01. The topological polar surface area (TPSA) is 93.6 Å². The van der Waals surface area contributed by atoms with Gasteiger partial charge in [0, 0.05) is 29.8 Å².